The van der Waals surface area contributed by atoms with E-state index in [1.54, 1.807) is 0 Å². The minimum atomic E-state index is -0.0461. The zero-order valence-electron chi connectivity index (χ0n) is 8.42. The number of carbonyl (C=O) groups excluding carboxylic acids is 1. The van der Waals surface area contributed by atoms with E-state index in [4.69, 9.17) is 4.74 Å². The second-order valence-corrected chi connectivity index (χ2v) is 4.55. The van der Waals surface area contributed by atoms with Gasteiger partial charge < -0.3 is 10.1 Å². The molecule has 1 aliphatic rings. The molecule has 0 saturated carbocycles. The van der Waals surface area contributed by atoms with Gasteiger partial charge in [0.15, 0.2) is 0 Å². The highest BCUT2D eigenvalue weighted by Crippen LogP contribution is 2.18. The molecule has 1 heterocycles. The van der Waals surface area contributed by atoms with Gasteiger partial charge in [-0.2, -0.15) is 0 Å². The highest BCUT2D eigenvalue weighted by molar-refractivity contribution is 9.10. The molecule has 1 aliphatic heterocycles. The van der Waals surface area contributed by atoms with E-state index in [0.717, 1.165) is 10.0 Å². The number of rotatable bonds is 2. The van der Waals surface area contributed by atoms with Crippen molar-refractivity contribution < 1.29 is 9.53 Å². The van der Waals surface area contributed by atoms with Crippen LogP contribution in [0.2, 0.25) is 0 Å². The Kier molecular flexibility index (Phi) is 3.07. The van der Waals surface area contributed by atoms with E-state index in [2.05, 4.69) is 21.2 Å². The topological polar surface area (TPSA) is 38.3 Å². The van der Waals surface area contributed by atoms with Crippen LogP contribution in [-0.2, 0) is 4.74 Å². The van der Waals surface area contributed by atoms with Crippen molar-refractivity contribution in [2.75, 3.05) is 13.2 Å². The monoisotopic (exact) mass is 269 g/mol. The molecule has 80 valence electrons. The molecule has 0 bridgehead atoms. The third-order valence-corrected chi connectivity index (χ3v) is 3.00. The van der Waals surface area contributed by atoms with Crippen molar-refractivity contribution >= 4 is 21.8 Å². The lowest BCUT2D eigenvalue weighted by molar-refractivity contribution is -0.00347. The fraction of sp³-hybridized carbons (Fsp3) is 0.364. The summed E-state index contributed by atoms with van der Waals surface area (Å²) in [5.74, 6) is -0.0461. The van der Waals surface area contributed by atoms with E-state index >= 15 is 0 Å². The smallest absolute Gasteiger partial charge is 0.252 e. The van der Waals surface area contributed by atoms with Gasteiger partial charge in [-0.1, -0.05) is 6.07 Å². The Balaban J connectivity index is 2.10. The largest absolute Gasteiger partial charge is 0.377 e. The Morgan fingerprint density at radius 2 is 2.27 bits per heavy atom. The van der Waals surface area contributed by atoms with Gasteiger partial charge in [0.25, 0.3) is 5.91 Å². The van der Waals surface area contributed by atoms with Crippen molar-refractivity contribution in [1.82, 2.24) is 5.32 Å². The number of nitrogens with one attached hydrogen (secondary N) is 1. The van der Waals surface area contributed by atoms with E-state index in [0.29, 0.717) is 18.8 Å². The molecular formula is C11H12BrNO2. The Labute approximate surface area is 96.9 Å². The third-order valence-electron chi connectivity index (χ3n) is 2.34. The molecule has 1 fully saturated rings. The molecule has 1 amide bonds. The molecule has 1 aromatic carbocycles. The van der Waals surface area contributed by atoms with Gasteiger partial charge in [0.05, 0.1) is 24.8 Å². The number of hydrogen-bond donors (Lipinski definition) is 1. The summed E-state index contributed by atoms with van der Waals surface area (Å²) in [6.45, 7) is 3.23. The summed E-state index contributed by atoms with van der Waals surface area (Å²) in [6.07, 6.45) is 0. The van der Waals surface area contributed by atoms with Crippen LogP contribution in [0.15, 0.2) is 22.7 Å². The molecule has 1 N–H and O–H groups in total. The Morgan fingerprint density at radius 3 is 2.80 bits per heavy atom. The summed E-state index contributed by atoms with van der Waals surface area (Å²) in [5, 5.41) is 2.90. The molecule has 0 radical (unpaired) electrons. The van der Waals surface area contributed by atoms with Gasteiger partial charge in [-0.15, -0.1) is 0 Å². The van der Waals surface area contributed by atoms with Gasteiger partial charge in [0.2, 0.25) is 0 Å². The molecule has 0 atom stereocenters. The zero-order valence-corrected chi connectivity index (χ0v) is 10.0. The van der Waals surface area contributed by atoms with E-state index in [9.17, 15) is 4.79 Å². The molecule has 2 rings (SSSR count). The van der Waals surface area contributed by atoms with E-state index < -0.39 is 0 Å². The molecule has 0 spiro atoms. The summed E-state index contributed by atoms with van der Waals surface area (Å²) in [7, 11) is 0. The molecule has 15 heavy (non-hydrogen) atoms. The van der Waals surface area contributed by atoms with E-state index in [-0.39, 0.29) is 11.9 Å². The standard InChI is InChI=1S/C11H12BrNO2/c1-7-2-3-9(10(12)4-7)11(14)13-8-5-15-6-8/h2-4,8H,5-6H2,1H3,(H,13,14). The maximum absolute atomic E-state index is 11.8. The molecule has 0 unspecified atom stereocenters. The number of benzene rings is 1. The van der Waals surface area contributed by atoms with Gasteiger partial charge in [-0.3, -0.25) is 4.79 Å². The number of aryl methyl sites for hydroxylation is 1. The number of amides is 1. The predicted octanol–water partition coefficient (Wildman–Crippen LogP) is 1.89. The lowest BCUT2D eigenvalue weighted by Crippen LogP contribution is -2.48. The summed E-state index contributed by atoms with van der Waals surface area (Å²) < 4.78 is 5.83. The fourth-order valence-electron chi connectivity index (χ4n) is 1.39. The highest BCUT2D eigenvalue weighted by Gasteiger charge is 2.21. The Morgan fingerprint density at radius 1 is 1.53 bits per heavy atom. The number of carbonyl (C=O) groups is 1. The Bertz CT molecular complexity index is 388. The minimum absolute atomic E-state index is 0.0461. The van der Waals surface area contributed by atoms with Crippen LogP contribution in [0.25, 0.3) is 0 Å². The lowest BCUT2D eigenvalue weighted by Gasteiger charge is -2.26. The zero-order chi connectivity index (χ0) is 10.8. The van der Waals surface area contributed by atoms with Gasteiger partial charge in [0, 0.05) is 4.47 Å². The van der Waals surface area contributed by atoms with Crippen LogP contribution < -0.4 is 5.32 Å². The third kappa shape index (κ3) is 2.38. The molecule has 0 aromatic heterocycles. The van der Waals surface area contributed by atoms with E-state index in [1.807, 2.05) is 25.1 Å². The number of hydrogen-bond acceptors (Lipinski definition) is 2. The van der Waals surface area contributed by atoms with Crippen molar-refractivity contribution in [2.45, 2.75) is 13.0 Å². The van der Waals surface area contributed by atoms with E-state index in [1.165, 1.54) is 0 Å². The van der Waals surface area contributed by atoms with Gasteiger partial charge in [-0.25, -0.2) is 0 Å². The average molecular weight is 270 g/mol. The quantitative estimate of drug-likeness (QED) is 0.891. The fourth-order valence-corrected chi connectivity index (χ4v) is 2.06. The minimum Gasteiger partial charge on any atom is -0.377 e. The maximum Gasteiger partial charge on any atom is 0.252 e. The summed E-state index contributed by atoms with van der Waals surface area (Å²) in [4.78, 5) is 11.8. The first-order valence-corrected chi connectivity index (χ1v) is 5.61. The normalized spacial score (nSPS) is 15.9. The van der Waals surface area contributed by atoms with Crippen LogP contribution >= 0.6 is 15.9 Å². The summed E-state index contributed by atoms with van der Waals surface area (Å²) in [5.41, 5.74) is 1.80. The van der Waals surface area contributed by atoms with Gasteiger partial charge in [0.1, 0.15) is 0 Å². The van der Waals surface area contributed by atoms with Crippen molar-refractivity contribution in [3.63, 3.8) is 0 Å². The average Bonchev–Trinajstić information content (AvgIpc) is 2.11. The Hall–Kier alpha value is -0.870. The second-order valence-electron chi connectivity index (χ2n) is 3.69. The SMILES string of the molecule is Cc1ccc(C(=O)NC2COC2)c(Br)c1. The first-order chi connectivity index (χ1) is 7.16. The van der Waals surface area contributed by atoms with Crippen LogP contribution in [0.3, 0.4) is 0 Å². The first-order valence-electron chi connectivity index (χ1n) is 4.81. The molecule has 4 heteroatoms. The van der Waals surface area contributed by atoms with Crippen molar-refractivity contribution in [2.24, 2.45) is 0 Å². The number of ether oxygens (including phenoxy) is 1. The molecule has 1 saturated heterocycles. The van der Waals surface area contributed by atoms with Gasteiger partial charge in [-0.05, 0) is 40.5 Å². The molecular weight excluding hydrogens is 258 g/mol. The molecule has 1 aromatic rings. The highest BCUT2D eigenvalue weighted by atomic mass is 79.9. The lowest BCUT2D eigenvalue weighted by atomic mass is 10.1. The predicted molar refractivity (Wildman–Crippen MR) is 61.0 cm³/mol. The van der Waals surface area contributed by atoms with Crippen LogP contribution in [0.5, 0.6) is 0 Å². The number of halogens is 1. The molecule has 3 nitrogen and oxygen atoms in total. The summed E-state index contributed by atoms with van der Waals surface area (Å²) >= 11 is 3.39. The van der Waals surface area contributed by atoms with Crippen LogP contribution in [0.1, 0.15) is 15.9 Å². The van der Waals surface area contributed by atoms with Crippen LogP contribution in [-0.4, -0.2) is 25.2 Å². The first kappa shape index (κ1) is 10.6. The van der Waals surface area contributed by atoms with Crippen molar-refractivity contribution in [3.8, 4) is 0 Å². The molecule has 0 aliphatic carbocycles. The second kappa shape index (κ2) is 4.33. The van der Waals surface area contributed by atoms with Crippen LogP contribution in [0.4, 0.5) is 0 Å². The summed E-state index contributed by atoms with van der Waals surface area (Å²) in [6, 6.07) is 5.86. The van der Waals surface area contributed by atoms with Crippen molar-refractivity contribution in [3.05, 3.63) is 33.8 Å². The van der Waals surface area contributed by atoms with Crippen LogP contribution in [0, 0.1) is 6.92 Å². The maximum atomic E-state index is 11.8. The van der Waals surface area contributed by atoms with Gasteiger partial charge >= 0.3 is 0 Å². The van der Waals surface area contributed by atoms with Crippen molar-refractivity contribution in [1.29, 1.82) is 0 Å².